The number of pyridine rings is 2. The molecule has 4 nitrogen and oxygen atoms in total. The first-order valence-corrected chi connectivity index (χ1v) is 5.98. The normalized spacial score (nSPS) is 10.2. The van der Waals surface area contributed by atoms with Gasteiger partial charge in [0.25, 0.3) is 0 Å². The van der Waals surface area contributed by atoms with E-state index in [1.165, 1.54) is 0 Å². The summed E-state index contributed by atoms with van der Waals surface area (Å²) in [6.07, 6.45) is 5.74. The Kier molecular flexibility index (Phi) is 3.93. The molecule has 0 amide bonds. The third-order valence-corrected chi connectivity index (χ3v) is 2.78. The molecule has 0 atom stereocenters. The molecule has 0 saturated carbocycles. The van der Waals surface area contributed by atoms with Crippen LogP contribution >= 0.6 is 15.9 Å². The minimum atomic E-state index is 0.528. The maximum Gasteiger partial charge on any atom is 0.159 e. The SMILES string of the molecule is Nc1cncc(Br)c1OCCc1ccccn1. The first kappa shape index (κ1) is 11.9. The highest BCUT2D eigenvalue weighted by Gasteiger charge is 2.05. The minimum Gasteiger partial charge on any atom is -0.490 e. The van der Waals surface area contributed by atoms with Crippen molar-refractivity contribution in [1.29, 1.82) is 0 Å². The van der Waals surface area contributed by atoms with Crippen LogP contribution in [0.1, 0.15) is 5.69 Å². The Hall–Kier alpha value is -1.62. The number of aromatic nitrogens is 2. The minimum absolute atomic E-state index is 0.528. The molecule has 0 spiro atoms. The Morgan fingerprint density at radius 2 is 2.18 bits per heavy atom. The van der Waals surface area contributed by atoms with E-state index >= 15 is 0 Å². The van der Waals surface area contributed by atoms with Gasteiger partial charge >= 0.3 is 0 Å². The molecule has 2 aromatic heterocycles. The summed E-state index contributed by atoms with van der Waals surface area (Å²) in [7, 11) is 0. The molecular formula is C12H12BrN3O. The van der Waals surface area contributed by atoms with Gasteiger partial charge in [0.2, 0.25) is 0 Å². The first-order chi connectivity index (χ1) is 8.27. The molecule has 0 bridgehead atoms. The average molecular weight is 294 g/mol. The summed E-state index contributed by atoms with van der Waals surface area (Å²) in [4.78, 5) is 8.17. The van der Waals surface area contributed by atoms with E-state index in [9.17, 15) is 0 Å². The summed E-state index contributed by atoms with van der Waals surface area (Å²) in [6.45, 7) is 0.532. The van der Waals surface area contributed by atoms with Gasteiger partial charge in [-0.3, -0.25) is 9.97 Å². The molecule has 17 heavy (non-hydrogen) atoms. The van der Waals surface area contributed by atoms with Crippen molar-refractivity contribution in [1.82, 2.24) is 9.97 Å². The number of nitrogen functional groups attached to an aromatic ring is 1. The van der Waals surface area contributed by atoms with Crippen LogP contribution in [-0.2, 0) is 6.42 Å². The van der Waals surface area contributed by atoms with Crippen molar-refractivity contribution in [3.63, 3.8) is 0 Å². The Labute approximate surface area is 108 Å². The zero-order valence-corrected chi connectivity index (χ0v) is 10.7. The number of hydrogen-bond donors (Lipinski definition) is 1. The van der Waals surface area contributed by atoms with Gasteiger partial charge < -0.3 is 10.5 Å². The van der Waals surface area contributed by atoms with E-state index < -0.39 is 0 Å². The van der Waals surface area contributed by atoms with E-state index in [2.05, 4.69) is 25.9 Å². The van der Waals surface area contributed by atoms with Crippen LogP contribution in [0.2, 0.25) is 0 Å². The van der Waals surface area contributed by atoms with Crippen molar-refractivity contribution in [2.24, 2.45) is 0 Å². The average Bonchev–Trinajstić information content (AvgIpc) is 2.34. The van der Waals surface area contributed by atoms with Crippen molar-refractivity contribution < 1.29 is 4.74 Å². The van der Waals surface area contributed by atoms with E-state index in [0.29, 0.717) is 18.0 Å². The highest BCUT2D eigenvalue weighted by atomic mass is 79.9. The van der Waals surface area contributed by atoms with Crippen LogP contribution in [0.15, 0.2) is 41.3 Å². The summed E-state index contributed by atoms with van der Waals surface area (Å²) in [5.41, 5.74) is 7.29. The molecule has 2 N–H and O–H groups in total. The van der Waals surface area contributed by atoms with Gasteiger partial charge in [-0.2, -0.15) is 0 Å². The van der Waals surface area contributed by atoms with Gasteiger partial charge in [-0.05, 0) is 28.1 Å². The standard InChI is InChI=1S/C12H12BrN3O/c13-10-7-15-8-11(14)12(10)17-6-4-9-3-1-2-5-16-9/h1-3,5,7-8H,4,6,14H2. The van der Waals surface area contributed by atoms with Gasteiger partial charge in [-0.25, -0.2) is 0 Å². The summed E-state index contributed by atoms with van der Waals surface area (Å²) >= 11 is 3.35. The van der Waals surface area contributed by atoms with Crippen molar-refractivity contribution in [2.75, 3.05) is 12.3 Å². The van der Waals surface area contributed by atoms with Crippen molar-refractivity contribution in [3.8, 4) is 5.75 Å². The van der Waals surface area contributed by atoms with Crippen LogP contribution in [0.5, 0.6) is 5.75 Å². The predicted octanol–water partition coefficient (Wildman–Crippen LogP) is 2.44. The summed E-state index contributed by atoms with van der Waals surface area (Å²) in [5, 5.41) is 0. The van der Waals surface area contributed by atoms with Gasteiger partial charge in [-0.15, -0.1) is 0 Å². The van der Waals surface area contributed by atoms with Crippen LogP contribution in [0.25, 0.3) is 0 Å². The highest BCUT2D eigenvalue weighted by Crippen LogP contribution is 2.29. The molecule has 0 aliphatic rings. The second-order valence-electron chi connectivity index (χ2n) is 3.46. The number of nitrogens with zero attached hydrogens (tertiary/aromatic N) is 2. The number of rotatable bonds is 4. The lowest BCUT2D eigenvalue weighted by Crippen LogP contribution is -2.05. The fraction of sp³-hybridized carbons (Fsp3) is 0.167. The van der Waals surface area contributed by atoms with Gasteiger partial charge in [0.1, 0.15) is 0 Å². The molecule has 0 radical (unpaired) electrons. The van der Waals surface area contributed by atoms with Crippen molar-refractivity contribution in [3.05, 3.63) is 47.0 Å². The molecule has 0 aromatic carbocycles. The largest absolute Gasteiger partial charge is 0.490 e. The molecule has 0 saturated heterocycles. The molecule has 88 valence electrons. The van der Waals surface area contributed by atoms with Gasteiger partial charge in [-0.1, -0.05) is 6.07 Å². The van der Waals surface area contributed by atoms with Crippen LogP contribution in [0, 0.1) is 0 Å². The molecule has 0 unspecified atom stereocenters. The lowest BCUT2D eigenvalue weighted by atomic mass is 10.3. The van der Waals surface area contributed by atoms with Crippen LogP contribution < -0.4 is 10.5 Å². The lowest BCUT2D eigenvalue weighted by Gasteiger charge is -2.09. The molecule has 2 heterocycles. The number of anilines is 1. The third kappa shape index (κ3) is 3.17. The van der Waals surface area contributed by atoms with Gasteiger partial charge in [0.05, 0.1) is 23.0 Å². The van der Waals surface area contributed by atoms with Crippen molar-refractivity contribution >= 4 is 21.6 Å². The molecule has 2 rings (SSSR count). The maximum atomic E-state index is 5.77. The van der Waals surface area contributed by atoms with Crippen LogP contribution in [0.4, 0.5) is 5.69 Å². The molecule has 0 aliphatic carbocycles. The maximum absolute atomic E-state index is 5.77. The quantitative estimate of drug-likeness (QED) is 0.941. The number of hydrogen-bond acceptors (Lipinski definition) is 4. The Morgan fingerprint density at radius 3 is 2.88 bits per heavy atom. The van der Waals surface area contributed by atoms with E-state index in [-0.39, 0.29) is 0 Å². The van der Waals surface area contributed by atoms with E-state index in [1.54, 1.807) is 18.6 Å². The molecule has 2 aromatic rings. The fourth-order valence-electron chi connectivity index (χ4n) is 1.39. The van der Waals surface area contributed by atoms with Crippen LogP contribution in [-0.4, -0.2) is 16.6 Å². The predicted molar refractivity (Wildman–Crippen MR) is 69.8 cm³/mol. The second-order valence-corrected chi connectivity index (χ2v) is 4.31. The zero-order chi connectivity index (χ0) is 12.1. The Balaban J connectivity index is 1.95. The van der Waals surface area contributed by atoms with Gasteiger partial charge in [0, 0.05) is 24.5 Å². The summed E-state index contributed by atoms with van der Waals surface area (Å²) < 4.78 is 6.38. The zero-order valence-electron chi connectivity index (χ0n) is 9.14. The van der Waals surface area contributed by atoms with E-state index in [1.807, 2.05) is 18.2 Å². The highest BCUT2D eigenvalue weighted by molar-refractivity contribution is 9.10. The molecule has 0 fully saturated rings. The third-order valence-electron chi connectivity index (χ3n) is 2.21. The molecule has 5 heteroatoms. The van der Waals surface area contributed by atoms with Crippen molar-refractivity contribution in [2.45, 2.75) is 6.42 Å². The Bertz CT molecular complexity index is 470. The topological polar surface area (TPSA) is 61.0 Å². The summed E-state index contributed by atoms with van der Waals surface area (Å²) in [5.74, 6) is 0.635. The molecular weight excluding hydrogens is 282 g/mol. The monoisotopic (exact) mass is 293 g/mol. The number of halogens is 1. The van der Waals surface area contributed by atoms with Gasteiger partial charge in [0.15, 0.2) is 5.75 Å². The Morgan fingerprint density at radius 1 is 1.29 bits per heavy atom. The lowest BCUT2D eigenvalue weighted by molar-refractivity contribution is 0.320. The smallest absolute Gasteiger partial charge is 0.159 e. The number of nitrogens with two attached hydrogens (primary N) is 1. The number of ether oxygens (including phenoxy) is 1. The van der Waals surface area contributed by atoms with Crippen LogP contribution in [0.3, 0.4) is 0 Å². The second kappa shape index (κ2) is 5.63. The molecule has 0 aliphatic heterocycles. The van der Waals surface area contributed by atoms with E-state index in [4.69, 9.17) is 10.5 Å². The van der Waals surface area contributed by atoms with E-state index in [0.717, 1.165) is 16.6 Å². The summed E-state index contributed by atoms with van der Waals surface area (Å²) in [6, 6.07) is 5.81. The first-order valence-electron chi connectivity index (χ1n) is 5.19. The fourth-order valence-corrected chi connectivity index (χ4v) is 1.86.